The zero-order valence-electron chi connectivity index (χ0n) is 17.1. The molecule has 0 spiro atoms. The molecule has 6 nitrogen and oxygen atoms in total. The Morgan fingerprint density at radius 3 is 2.45 bits per heavy atom. The molecular formula is C21H24ClN4O2P. The van der Waals surface area contributed by atoms with Gasteiger partial charge in [-0.05, 0) is 56.5 Å². The number of halogens is 1. The lowest BCUT2D eigenvalue weighted by molar-refractivity contribution is 0.417. The van der Waals surface area contributed by atoms with Crippen molar-refractivity contribution in [2.45, 2.75) is 13.8 Å². The van der Waals surface area contributed by atoms with Gasteiger partial charge >= 0.3 is 0 Å². The van der Waals surface area contributed by atoms with Crippen molar-refractivity contribution in [3.05, 3.63) is 58.7 Å². The van der Waals surface area contributed by atoms with E-state index in [9.17, 15) is 4.57 Å². The first-order chi connectivity index (χ1) is 13.7. The lowest BCUT2D eigenvalue weighted by Gasteiger charge is -2.19. The number of ether oxygens (including phenoxy) is 1. The smallest absolute Gasteiger partial charge is 0.229 e. The summed E-state index contributed by atoms with van der Waals surface area (Å²) < 4.78 is 18.3. The fraction of sp³-hybridized carbons (Fsp3) is 0.238. The number of methoxy groups -OCH3 is 1. The van der Waals surface area contributed by atoms with Gasteiger partial charge < -0.3 is 19.9 Å². The second-order valence-electron chi connectivity index (χ2n) is 7.09. The minimum absolute atomic E-state index is 0.363. The summed E-state index contributed by atoms with van der Waals surface area (Å²) in [5, 5.41) is 7.55. The SMILES string of the molecule is COc1ccccc1Nc1ncc(Cl)c(Nc2ccc(C)c(C)c2P(C)(C)=O)n1. The molecule has 1 aromatic heterocycles. The van der Waals surface area contributed by atoms with Crippen molar-refractivity contribution < 1.29 is 9.30 Å². The maximum Gasteiger partial charge on any atom is 0.229 e. The number of hydrogen-bond donors (Lipinski definition) is 2. The third-order valence-electron chi connectivity index (χ3n) is 4.59. The van der Waals surface area contributed by atoms with Crippen LogP contribution in [0, 0.1) is 13.8 Å². The highest BCUT2D eigenvalue weighted by atomic mass is 35.5. The number of rotatable bonds is 6. The van der Waals surface area contributed by atoms with Gasteiger partial charge in [0.1, 0.15) is 17.9 Å². The summed E-state index contributed by atoms with van der Waals surface area (Å²) in [5.41, 5.74) is 3.55. The maximum absolute atomic E-state index is 12.9. The van der Waals surface area contributed by atoms with Crippen LogP contribution in [-0.4, -0.2) is 30.4 Å². The Balaban J connectivity index is 1.98. The van der Waals surface area contributed by atoms with Gasteiger partial charge in [0.05, 0.1) is 24.7 Å². The predicted molar refractivity (Wildman–Crippen MR) is 122 cm³/mol. The van der Waals surface area contributed by atoms with Crippen molar-refractivity contribution in [2.24, 2.45) is 0 Å². The molecule has 0 atom stereocenters. The van der Waals surface area contributed by atoms with E-state index in [1.165, 1.54) is 6.20 Å². The third kappa shape index (κ3) is 4.72. The van der Waals surface area contributed by atoms with Crippen LogP contribution in [0.25, 0.3) is 0 Å². The van der Waals surface area contributed by atoms with Crippen molar-refractivity contribution in [3.63, 3.8) is 0 Å². The molecular weight excluding hydrogens is 407 g/mol. The van der Waals surface area contributed by atoms with Crippen LogP contribution in [-0.2, 0) is 4.57 Å². The molecule has 0 aliphatic rings. The molecule has 2 N–H and O–H groups in total. The quantitative estimate of drug-likeness (QED) is 0.503. The van der Waals surface area contributed by atoms with E-state index in [0.29, 0.717) is 22.5 Å². The van der Waals surface area contributed by atoms with E-state index >= 15 is 0 Å². The normalized spacial score (nSPS) is 11.2. The zero-order chi connectivity index (χ0) is 21.2. The molecule has 0 unspecified atom stereocenters. The van der Waals surface area contributed by atoms with E-state index in [1.54, 1.807) is 20.4 Å². The van der Waals surface area contributed by atoms with Gasteiger partial charge in [-0.25, -0.2) is 4.98 Å². The molecule has 29 heavy (non-hydrogen) atoms. The third-order valence-corrected chi connectivity index (χ3v) is 6.52. The molecule has 0 bridgehead atoms. The number of para-hydroxylation sites is 2. The van der Waals surface area contributed by atoms with E-state index in [4.69, 9.17) is 16.3 Å². The average Bonchev–Trinajstić information content (AvgIpc) is 2.67. The molecule has 2 aromatic carbocycles. The Labute approximate surface area is 176 Å². The van der Waals surface area contributed by atoms with Gasteiger partial charge in [-0.15, -0.1) is 0 Å². The van der Waals surface area contributed by atoms with E-state index < -0.39 is 7.14 Å². The van der Waals surface area contributed by atoms with Crippen molar-refractivity contribution >= 4 is 47.2 Å². The molecule has 0 aliphatic carbocycles. The number of hydrogen-bond acceptors (Lipinski definition) is 6. The second kappa shape index (κ2) is 8.44. The first-order valence-electron chi connectivity index (χ1n) is 9.06. The molecule has 152 valence electrons. The monoisotopic (exact) mass is 430 g/mol. The van der Waals surface area contributed by atoms with Gasteiger partial charge in [0.2, 0.25) is 5.95 Å². The standard InChI is InChI=1S/C21H24ClN4O2P/c1-13-10-11-17(19(14(13)2)29(4,5)27)24-20-15(22)12-23-21(26-20)25-16-8-6-7-9-18(16)28-3/h6-12H,1-5H3,(H2,23,24,25,26). The molecule has 0 saturated carbocycles. The van der Waals surface area contributed by atoms with Gasteiger partial charge in [-0.2, -0.15) is 4.98 Å². The molecule has 0 radical (unpaired) electrons. The van der Waals surface area contributed by atoms with Gasteiger partial charge in [0.25, 0.3) is 0 Å². The van der Waals surface area contributed by atoms with Crippen LogP contribution in [0.15, 0.2) is 42.6 Å². The largest absolute Gasteiger partial charge is 0.495 e. The first-order valence-corrected chi connectivity index (χ1v) is 12.0. The minimum atomic E-state index is -2.53. The highest BCUT2D eigenvalue weighted by molar-refractivity contribution is 7.70. The van der Waals surface area contributed by atoms with E-state index in [0.717, 1.165) is 27.8 Å². The van der Waals surface area contributed by atoms with Crippen molar-refractivity contribution in [1.82, 2.24) is 9.97 Å². The number of nitrogens with zero attached hydrogens (tertiary/aromatic N) is 2. The summed E-state index contributed by atoms with van der Waals surface area (Å²) in [6.07, 6.45) is 1.52. The topological polar surface area (TPSA) is 76.1 Å². The summed E-state index contributed by atoms with van der Waals surface area (Å²) in [7, 11) is -0.928. The van der Waals surface area contributed by atoms with Crippen LogP contribution in [0.2, 0.25) is 5.02 Å². The Bertz CT molecular complexity index is 1100. The molecule has 0 fully saturated rings. The Hall–Kier alpha value is -2.56. The fourth-order valence-corrected chi connectivity index (χ4v) is 4.94. The fourth-order valence-electron chi connectivity index (χ4n) is 3.11. The number of benzene rings is 2. The second-order valence-corrected chi connectivity index (χ2v) is 10.7. The molecule has 0 aliphatic heterocycles. The Morgan fingerprint density at radius 1 is 1.03 bits per heavy atom. The van der Waals surface area contributed by atoms with Crippen molar-refractivity contribution in [3.8, 4) is 5.75 Å². The summed E-state index contributed by atoms with van der Waals surface area (Å²) >= 11 is 6.34. The van der Waals surface area contributed by atoms with E-state index in [-0.39, 0.29) is 0 Å². The van der Waals surface area contributed by atoms with Crippen LogP contribution < -0.4 is 20.7 Å². The lowest BCUT2D eigenvalue weighted by atomic mass is 10.1. The summed E-state index contributed by atoms with van der Waals surface area (Å²) in [6, 6.07) is 11.4. The van der Waals surface area contributed by atoms with Crippen LogP contribution in [0.5, 0.6) is 5.75 Å². The highest BCUT2D eigenvalue weighted by Gasteiger charge is 2.21. The van der Waals surface area contributed by atoms with Crippen LogP contribution in [0.3, 0.4) is 0 Å². The zero-order valence-corrected chi connectivity index (χ0v) is 18.7. The molecule has 8 heteroatoms. The van der Waals surface area contributed by atoms with Crippen molar-refractivity contribution in [1.29, 1.82) is 0 Å². The average molecular weight is 431 g/mol. The molecule has 0 amide bonds. The predicted octanol–water partition coefficient (Wildman–Crippen LogP) is 5.49. The van der Waals surface area contributed by atoms with E-state index in [2.05, 4.69) is 20.6 Å². The number of aryl methyl sites for hydroxylation is 1. The highest BCUT2D eigenvalue weighted by Crippen LogP contribution is 2.41. The van der Waals surface area contributed by atoms with Crippen LogP contribution in [0.4, 0.5) is 23.1 Å². The number of nitrogens with one attached hydrogen (secondary N) is 2. The van der Waals surface area contributed by atoms with Crippen LogP contribution >= 0.6 is 18.7 Å². The van der Waals surface area contributed by atoms with Gasteiger partial charge in [-0.3, -0.25) is 0 Å². The number of aromatic nitrogens is 2. The molecule has 0 saturated heterocycles. The minimum Gasteiger partial charge on any atom is -0.495 e. The summed E-state index contributed by atoms with van der Waals surface area (Å²) in [6.45, 7) is 7.50. The first kappa shape index (κ1) is 21.2. The number of anilines is 4. The lowest BCUT2D eigenvalue weighted by Crippen LogP contribution is -2.15. The Kier molecular flexibility index (Phi) is 6.15. The maximum atomic E-state index is 12.9. The Morgan fingerprint density at radius 2 is 1.76 bits per heavy atom. The van der Waals surface area contributed by atoms with Crippen molar-refractivity contribution in [2.75, 3.05) is 31.1 Å². The summed E-state index contributed by atoms with van der Waals surface area (Å²) in [5.74, 6) is 1.47. The van der Waals surface area contributed by atoms with Crippen LogP contribution in [0.1, 0.15) is 11.1 Å². The van der Waals surface area contributed by atoms with Gasteiger partial charge in [-0.1, -0.05) is 29.8 Å². The van der Waals surface area contributed by atoms with Gasteiger partial charge in [0, 0.05) is 5.30 Å². The molecule has 3 aromatic rings. The molecule has 3 rings (SSSR count). The summed E-state index contributed by atoms with van der Waals surface area (Å²) in [4.78, 5) is 8.75. The van der Waals surface area contributed by atoms with Gasteiger partial charge in [0.15, 0.2) is 5.82 Å². The van der Waals surface area contributed by atoms with E-state index in [1.807, 2.05) is 50.2 Å². The molecule has 1 heterocycles.